The number of para-hydroxylation sites is 1. The van der Waals surface area contributed by atoms with Crippen molar-refractivity contribution in [1.29, 1.82) is 0 Å². The summed E-state index contributed by atoms with van der Waals surface area (Å²) >= 11 is 0. The number of anilines is 3. The van der Waals surface area contributed by atoms with Gasteiger partial charge in [-0.2, -0.15) is 0 Å². The first kappa shape index (κ1) is 21.9. The molecular weight excluding hydrogens is 403 g/mol. The molecule has 11 heteroatoms. The third-order valence-electron chi connectivity index (χ3n) is 4.80. The molecule has 0 unspecified atom stereocenters. The maximum Gasteiger partial charge on any atom is 0.573 e. The number of ether oxygens (including phenoxy) is 1. The van der Waals surface area contributed by atoms with Gasteiger partial charge < -0.3 is 20.7 Å². The zero-order valence-corrected chi connectivity index (χ0v) is 16.1. The molecule has 2 aromatic rings. The lowest BCUT2D eigenvalue weighted by Gasteiger charge is -2.24. The van der Waals surface area contributed by atoms with Crippen LogP contribution < -0.4 is 25.9 Å². The molecule has 0 spiro atoms. The minimum Gasteiger partial charge on any atom is -0.405 e. The van der Waals surface area contributed by atoms with Crippen LogP contribution in [0.3, 0.4) is 0 Å². The molecule has 0 saturated carbocycles. The van der Waals surface area contributed by atoms with Crippen molar-refractivity contribution in [3.8, 4) is 5.75 Å². The second kappa shape index (κ2) is 9.83. The molecule has 1 saturated heterocycles. The van der Waals surface area contributed by atoms with Crippen molar-refractivity contribution in [2.75, 3.05) is 35.5 Å². The van der Waals surface area contributed by atoms with Crippen LogP contribution in [-0.4, -0.2) is 41.4 Å². The number of rotatable bonds is 8. The maximum atomic E-state index is 12.6. The van der Waals surface area contributed by atoms with Gasteiger partial charge in [0.2, 0.25) is 0 Å². The van der Waals surface area contributed by atoms with E-state index in [1.54, 1.807) is 12.1 Å². The van der Waals surface area contributed by atoms with Crippen LogP contribution in [0, 0.1) is 5.92 Å². The zero-order valence-electron chi connectivity index (χ0n) is 16.1. The van der Waals surface area contributed by atoms with E-state index in [4.69, 9.17) is 0 Å². The molecule has 30 heavy (non-hydrogen) atoms. The number of hydrogen-bond acceptors (Lipinski definition) is 8. The molecule has 1 aromatic carbocycles. The van der Waals surface area contributed by atoms with Crippen molar-refractivity contribution >= 4 is 17.2 Å². The first-order valence-electron chi connectivity index (χ1n) is 9.52. The number of nitrogens with zero attached hydrogens (tertiary/aromatic N) is 2. The normalized spacial score (nSPS) is 15.0. The Kier molecular flexibility index (Phi) is 7.19. The Morgan fingerprint density at radius 1 is 1.17 bits per heavy atom. The molecule has 0 aliphatic carbocycles. The van der Waals surface area contributed by atoms with Gasteiger partial charge in [-0.05, 0) is 37.9 Å². The molecule has 0 amide bonds. The second-order valence-electron chi connectivity index (χ2n) is 6.96. The molecule has 0 atom stereocenters. The second-order valence-corrected chi connectivity index (χ2v) is 6.96. The number of halogens is 3. The van der Waals surface area contributed by atoms with Crippen molar-refractivity contribution in [2.45, 2.75) is 25.7 Å². The number of hydrogen-bond donors (Lipinski definition) is 5. The average molecular weight is 427 g/mol. The van der Waals surface area contributed by atoms with Crippen molar-refractivity contribution in [1.82, 2.24) is 10.3 Å². The number of aromatic nitrogens is 1. The highest BCUT2D eigenvalue weighted by Gasteiger charge is 2.31. The van der Waals surface area contributed by atoms with Gasteiger partial charge in [-0.25, -0.2) is 4.98 Å². The molecule has 8 nitrogen and oxygen atoms in total. The highest BCUT2D eigenvalue weighted by atomic mass is 19.4. The van der Waals surface area contributed by atoms with Gasteiger partial charge in [0.05, 0.1) is 11.9 Å². The van der Waals surface area contributed by atoms with Gasteiger partial charge in [0.25, 0.3) is 0 Å². The van der Waals surface area contributed by atoms with Crippen LogP contribution in [0.25, 0.3) is 0 Å². The SMILES string of the molecule is ON(O)c1cnc(NCc2ccccc2OC(F)(F)F)cc1NCC1CCNCC1. The Hall–Kier alpha value is -2.76. The van der Waals surface area contributed by atoms with Crippen molar-refractivity contribution < 1.29 is 28.3 Å². The Balaban J connectivity index is 1.69. The summed E-state index contributed by atoms with van der Waals surface area (Å²) in [7, 11) is 0. The fraction of sp³-hybridized carbons (Fsp3) is 0.421. The summed E-state index contributed by atoms with van der Waals surface area (Å²) in [4.78, 5) is 4.09. The van der Waals surface area contributed by atoms with Crippen molar-refractivity contribution in [2.24, 2.45) is 5.92 Å². The maximum absolute atomic E-state index is 12.6. The van der Waals surface area contributed by atoms with Crippen LogP contribution >= 0.6 is 0 Å². The van der Waals surface area contributed by atoms with E-state index < -0.39 is 6.36 Å². The first-order chi connectivity index (χ1) is 14.3. The van der Waals surface area contributed by atoms with Crippen LogP contribution in [0.4, 0.5) is 30.4 Å². The van der Waals surface area contributed by atoms with Crippen LogP contribution in [0.15, 0.2) is 36.5 Å². The molecule has 1 aliphatic heterocycles. The first-order valence-corrected chi connectivity index (χ1v) is 9.52. The van der Waals surface area contributed by atoms with E-state index in [2.05, 4.69) is 25.7 Å². The minimum absolute atomic E-state index is 0.0198. The van der Waals surface area contributed by atoms with Gasteiger partial charge in [0.15, 0.2) is 0 Å². The third-order valence-corrected chi connectivity index (χ3v) is 4.80. The standard InChI is InChI=1S/C19H24F3N5O3/c20-19(21,22)30-17-4-2-1-3-14(17)11-25-18-9-15(16(12-26-18)27(28)29)24-10-13-5-7-23-8-6-13/h1-4,9,12-13,23,28-29H,5-8,10-11H2,(H2,24,25,26). The topological polar surface area (TPSA) is 102 Å². The molecule has 0 radical (unpaired) electrons. The van der Waals surface area contributed by atoms with Gasteiger partial charge in [0, 0.05) is 24.7 Å². The van der Waals surface area contributed by atoms with Gasteiger partial charge in [-0.15, -0.1) is 18.4 Å². The zero-order chi connectivity index (χ0) is 21.6. The number of pyridine rings is 1. The summed E-state index contributed by atoms with van der Waals surface area (Å²) in [6.45, 7) is 2.56. The Labute approximate surface area is 171 Å². The molecular formula is C19H24F3N5O3. The minimum atomic E-state index is -4.78. The summed E-state index contributed by atoms with van der Waals surface area (Å²) in [5.74, 6) is 0.506. The monoisotopic (exact) mass is 427 g/mol. The van der Waals surface area contributed by atoms with Crippen LogP contribution in [0.1, 0.15) is 18.4 Å². The van der Waals surface area contributed by atoms with E-state index in [0.29, 0.717) is 29.5 Å². The molecule has 1 aliphatic rings. The van der Waals surface area contributed by atoms with Gasteiger partial charge in [-0.1, -0.05) is 18.2 Å². The molecule has 1 aromatic heterocycles. The molecule has 164 valence electrons. The number of benzene rings is 1. The Bertz CT molecular complexity index is 829. The lowest BCUT2D eigenvalue weighted by atomic mass is 9.98. The molecule has 5 N–H and O–H groups in total. The van der Waals surface area contributed by atoms with Crippen LogP contribution in [0.5, 0.6) is 5.75 Å². The number of piperidine rings is 1. The van der Waals surface area contributed by atoms with E-state index >= 15 is 0 Å². The lowest BCUT2D eigenvalue weighted by Crippen LogP contribution is -2.31. The summed E-state index contributed by atoms with van der Waals surface area (Å²) in [6.07, 6.45) is -1.51. The number of nitrogens with one attached hydrogen (secondary N) is 3. The largest absolute Gasteiger partial charge is 0.573 e. The smallest absolute Gasteiger partial charge is 0.405 e. The quantitative estimate of drug-likeness (QED) is 0.408. The van der Waals surface area contributed by atoms with E-state index in [1.165, 1.54) is 24.4 Å². The molecule has 1 fully saturated rings. The van der Waals surface area contributed by atoms with Gasteiger partial charge in [-0.3, -0.25) is 10.4 Å². The summed E-state index contributed by atoms with van der Waals surface area (Å²) in [5.41, 5.74) is 0.807. The summed E-state index contributed by atoms with van der Waals surface area (Å²) < 4.78 is 41.8. The van der Waals surface area contributed by atoms with Crippen molar-refractivity contribution in [3.63, 3.8) is 0 Å². The fourth-order valence-electron chi connectivity index (χ4n) is 3.25. The predicted molar refractivity (Wildman–Crippen MR) is 105 cm³/mol. The Morgan fingerprint density at radius 2 is 1.90 bits per heavy atom. The van der Waals surface area contributed by atoms with Crippen molar-refractivity contribution in [3.05, 3.63) is 42.1 Å². The molecule has 2 heterocycles. The summed E-state index contributed by atoms with van der Waals surface area (Å²) in [5, 5.41) is 28.3. The fourth-order valence-corrected chi connectivity index (χ4v) is 3.25. The third kappa shape index (κ3) is 6.37. The highest BCUT2D eigenvalue weighted by Crippen LogP contribution is 2.29. The lowest BCUT2D eigenvalue weighted by molar-refractivity contribution is -0.274. The highest BCUT2D eigenvalue weighted by molar-refractivity contribution is 5.70. The van der Waals surface area contributed by atoms with Crippen LogP contribution in [0.2, 0.25) is 0 Å². The average Bonchev–Trinajstić information content (AvgIpc) is 2.71. The van der Waals surface area contributed by atoms with E-state index in [-0.39, 0.29) is 23.2 Å². The van der Waals surface area contributed by atoms with Gasteiger partial charge in [0.1, 0.15) is 17.3 Å². The van der Waals surface area contributed by atoms with E-state index in [0.717, 1.165) is 25.9 Å². The van der Waals surface area contributed by atoms with E-state index in [9.17, 15) is 23.6 Å². The molecule has 3 rings (SSSR count). The predicted octanol–water partition coefficient (Wildman–Crippen LogP) is 3.59. The number of alkyl halides is 3. The van der Waals surface area contributed by atoms with E-state index in [1.807, 2.05) is 0 Å². The summed E-state index contributed by atoms with van der Waals surface area (Å²) in [6, 6.07) is 7.39. The molecule has 0 bridgehead atoms. The van der Waals surface area contributed by atoms with Crippen LogP contribution in [-0.2, 0) is 6.54 Å². The van der Waals surface area contributed by atoms with Gasteiger partial charge >= 0.3 is 6.36 Å². The Morgan fingerprint density at radius 3 is 2.60 bits per heavy atom.